The van der Waals surface area contributed by atoms with Gasteiger partial charge < -0.3 is 19.6 Å². The van der Waals surface area contributed by atoms with Crippen LogP contribution in [-0.4, -0.2) is 66.8 Å². The van der Waals surface area contributed by atoms with Crippen LogP contribution >= 0.6 is 0 Å². The molecule has 0 aliphatic carbocycles. The number of benzene rings is 1. The van der Waals surface area contributed by atoms with Crippen molar-refractivity contribution in [2.75, 3.05) is 39.9 Å². The Hall–Kier alpha value is -1.66. The number of fused-ring (bicyclic) bond motifs is 3. The van der Waals surface area contributed by atoms with Crippen molar-refractivity contribution in [2.24, 2.45) is 5.92 Å². The number of amides is 1. The van der Waals surface area contributed by atoms with E-state index in [4.69, 9.17) is 4.74 Å². The van der Waals surface area contributed by atoms with Crippen molar-refractivity contribution in [3.05, 3.63) is 29.6 Å². The highest BCUT2D eigenvalue weighted by Gasteiger charge is 2.34. The summed E-state index contributed by atoms with van der Waals surface area (Å²) in [5.41, 5.74) is 0.577. The highest BCUT2D eigenvalue weighted by molar-refractivity contribution is 5.79. The Bertz CT molecular complexity index is 566. The van der Waals surface area contributed by atoms with E-state index in [9.17, 15) is 14.3 Å². The highest BCUT2D eigenvalue weighted by atomic mass is 19.1. The van der Waals surface area contributed by atoms with Crippen LogP contribution in [0, 0.1) is 11.7 Å². The van der Waals surface area contributed by atoms with Gasteiger partial charge in [-0.1, -0.05) is 6.07 Å². The quantitative estimate of drug-likeness (QED) is 0.880. The van der Waals surface area contributed by atoms with E-state index < -0.39 is 11.6 Å². The molecule has 0 saturated carbocycles. The average molecular weight is 308 g/mol. The predicted molar refractivity (Wildman–Crippen MR) is 79.1 cm³/mol. The van der Waals surface area contributed by atoms with Gasteiger partial charge in [0.15, 0.2) is 11.6 Å². The van der Waals surface area contributed by atoms with Gasteiger partial charge in [-0.2, -0.15) is 0 Å². The van der Waals surface area contributed by atoms with Crippen LogP contribution in [-0.2, 0) is 16.0 Å². The number of carbonyl (C=O) groups is 1. The molecule has 1 amide bonds. The summed E-state index contributed by atoms with van der Waals surface area (Å²) in [6.07, 6.45) is 0.143. The second-order valence-corrected chi connectivity index (χ2v) is 6.29. The summed E-state index contributed by atoms with van der Waals surface area (Å²) in [5, 5.41) is 9.22. The van der Waals surface area contributed by atoms with E-state index in [0.717, 1.165) is 13.1 Å². The third kappa shape index (κ3) is 3.23. The molecule has 22 heavy (non-hydrogen) atoms. The Morgan fingerprint density at radius 3 is 2.95 bits per heavy atom. The minimum atomic E-state index is -0.692. The minimum Gasteiger partial charge on any atom is -0.505 e. The molecule has 0 aromatic heterocycles. The maximum absolute atomic E-state index is 13.4. The summed E-state index contributed by atoms with van der Waals surface area (Å²) in [5.74, 6) is -0.779. The van der Waals surface area contributed by atoms with Crippen LogP contribution in [0.1, 0.15) is 5.56 Å². The number of phenols is 1. The molecule has 1 aromatic carbocycles. The number of halogens is 1. The smallest absolute Gasteiger partial charge is 0.227 e. The van der Waals surface area contributed by atoms with Crippen molar-refractivity contribution in [3.63, 3.8) is 0 Å². The zero-order valence-electron chi connectivity index (χ0n) is 12.7. The number of hydrogen-bond donors (Lipinski definition) is 1. The molecular weight excluding hydrogens is 287 g/mol. The first kappa shape index (κ1) is 15.2. The topological polar surface area (TPSA) is 53.0 Å². The average Bonchev–Trinajstić information content (AvgIpc) is 2.73. The van der Waals surface area contributed by atoms with Crippen molar-refractivity contribution in [1.82, 2.24) is 9.80 Å². The number of likely N-dealkylation sites (N-methyl/N-ethyl adjacent to an activating group) is 1. The van der Waals surface area contributed by atoms with Gasteiger partial charge in [0.25, 0.3) is 0 Å². The molecular formula is C16H21FN2O3. The monoisotopic (exact) mass is 308 g/mol. The van der Waals surface area contributed by atoms with Crippen molar-refractivity contribution in [1.29, 1.82) is 0 Å². The molecule has 2 bridgehead atoms. The van der Waals surface area contributed by atoms with E-state index in [1.807, 2.05) is 4.90 Å². The van der Waals surface area contributed by atoms with Crippen LogP contribution in [0.15, 0.2) is 18.2 Å². The van der Waals surface area contributed by atoms with Gasteiger partial charge >= 0.3 is 0 Å². The molecule has 2 aliphatic heterocycles. The van der Waals surface area contributed by atoms with Gasteiger partial charge in [-0.05, 0) is 24.7 Å². The van der Waals surface area contributed by atoms with Crippen LogP contribution in [0.2, 0.25) is 0 Å². The maximum atomic E-state index is 13.4. The van der Waals surface area contributed by atoms with Gasteiger partial charge in [0.2, 0.25) is 5.91 Å². The number of carbonyl (C=O) groups excluding carboxylic acids is 1. The highest BCUT2D eigenvalue weighted by Crippen LogP contribution is 2.21. The Morgan fingerprint density at radius 1 is 1.36 bits per heavy atom. The predicted octanol–water partition coefficient (Wildman–Crippen LogP) is 0.863. The van der Waals surface area contributed by atoms with Crippen LogP contribution in [0.3, 0.4) is 0 Å². The van der Waals surface area contributed by atoms with Crippen LogP contribution < -0.4 is 0 Å². The van der Waals surface area contributed by atoms with Crippen molar-refractivity contribution < 1.29 is 19.0 Å². The molecule has 1 N–H and O–H groups in total. The molecule has 2 aliphatic rings. The molecule has 2 atom stereocenters. The second-order valence-electron chi connectivity index (χ2n) is 6.29. The van der Waals surface area contributed by atoms with Gasteiger partial charge in [0, 0.05) is 25.6 Å². The lowest BCUT2D eigenvalue weighted by Crippen LogP contribution is -2.46. The molecule has 1 aromatic rings. The van der Waals surface area contributed by atoms with Crippen molar-refractivity contribution in [2.45, 2.75) is 12.5 Å². The first-order valence-electron chi connectivity index (χ1n) is 7.56. The van der Waals surface area contributed by atoms with E-state index in [-0.39, 0.29) is 18.4 Å². The first-order valence-corrected chi connectivity index (χ1v) is 7.56. The Labute approximate surface area is 129 Å². The van der Waals surface area contributed by atoms with Crippen LogP contribution in [0.5, 0.6) is 5.75 Å². The molecule has 2 fully saturated rings. The molecule has 2 saturated heterocycles. The van der Waals surface area contributed by atoms with Crippen LogP contribution in [0.4, 0.5) is 4.39 Å². The lowest BCUT2D eigenvalue weighted by atomic mass is 10.1. The van der Waals surface area contributed by atoms with Gasteiger partial charge in [0.05, 0.1) is 25.7 Å². The molecule has 0 spiro atoms. The fourth-order valence-corrected chi connectivity index (χ4v) is 3.32. The van der Waals surface area contributed by atoms with E-state index in [2.05, 4.69) is 11.9 Å². The zero-order valence-corrected chi connectivity index (χ0v) is 12.7. The standard InChI is InChI=1S/C16H21FN2O3/c1-18-6-12-7-19(13(8-18)10-22-9-12)16(21)5-11-2-3-15(20)14(17)4-11/h2-4,12-13,20H,5-10H2,1H3/t12-,13-/m0/s1. The van der Waals surface area contributed by atoms with E-state index in [1.165, 1.54) is 12.1 Å². The summed E-state index contributed by atoms with van der Waals surface area (Å²) >= 11 is 0. The Morgan fingerprint density at radius 2 is 2.18 bits per heavy atom. The van der Waals surface area contributed by atoms with Crippen LogP contribution in [0.25, 0.3) is 0 Å². The summed E-state index contributed by atoms with van der Waals surface area (Å²) in [6, 6.07) is 4.14. The van der Waals surface area contributed by atoms with Gasteiger partial charge in [-0.3, -0.25) is 4.79 Å². The van der Waals surface area contributed by atoms with E-state index in [0.29, 0.717) is 31.2 Å². The normalized spacial score (nSPS) is 25.8. The molecule has 5 nitrogen and oxygen atoms in total. The first-order chi connectivity index (χ1) is 10.5. The van der Waals surface area contributed by atoms with Gasteiger partial charge in [-0.25, -0.2) is 4.39 Å². The number of hydrogen-bond acceptors (Lipinski definition) is 4. The second kappa shape index (κ2) is 6.22. The lowest BCUT2D eigenvalue weighted by molar-refractivity contribution is -0.133. The summed E-state index contributed by atoms with van der Waals surface area (Å²) in [4.78, 5) is 16.8. The van der Waals surface area contributed by atoms with Crippen molar-refractivity contribution >= 4 is 5.91 Å². The molecule has 120 valence electrons. The summed E-state index contributed by atoms with van der Waals surface area (Å²) < 4.78 is 19.1. The number of rotatable bonds is 2. The fraction of sp³-hybridized carbons (Fsp3) is 0.562. The maximum Gasteiger partial charge on any atom is 0.227 e. The fourth-order valence-electron chi connectivity index (χ4n) is 3.32. The third-order valence-corrected chi connectivity index (χ3v) is 4.34. The zero-order chi connectivity index (χ0) is 15.7. The van der Waals surface area contributed by atoms with Gasteiger partial charge in [0.1, 0.15) is 0 Å². The summed E-state index contributed by atoms with van der Waals surface area (Å²) in [7, 11) is 2.06. The van der Waals surface area contributed by atoms with Crippen molar-refractivity contribution in [3.8, 4) is 5.75 Å². The number of aromatic hydroxyl groups is 1. The molecule has 6 heteroatoms. The Balaban J connectivity index is 1.74. The van der Waals surface area contributed by atoms with E-state index >= 15 is 0 Å². The number of nitrogens with zero attached hydrogens (tertiary/aromatic N) is 2. The molecule has 3 rings (SSSR count). The third-order valence-electron chi connectivity index (χ3n) is 4.34. The SMILES string of the molecule is CN1C[C@@H]2COC[C@H](C1)N(C(=O)Cc1ccc(O)c(F)c1)C2. The largest absolute Gasteiger partial charge is 0.505 e. The lowest BCUT2D eigenvalue weighted by Gasteiger charge is -2.29. The molecule has 0 radical (unpaired) electrons. The van der Waals surface area contributed by atoms with E-state index in [1.54, 1.807) is 6.07 Å². The number of phenolic OH excluding ortho intramolecular Hbond substituents is 1. The Kier molecular flexibility index (Phi) is 4.31. The van der Waals surface area contributed by atoms with Gasteiger partial charge in [-0.15, -0.1) is 0 Å². The minimum absolute atomic E-state index is 0.0131. The molecule has 2 heterocycles. The molecule has 0 unspecified atom stereocenters. The summed E-state index contributed by atoms with van der Waals surface area (Å²) in [6.45, 7) is 3.64. The number of ether oxygens (including phenoxy) is 1.